The normalized spacial score (nSPS) is 7.82. The number of rotatable bonds is 0. The highest BCUT2D eigenvalue weighted by molar-refractivity contribution is 5.71. The second-order valence-corrected chi connectivity index (χ2v) is 1.99. The molecule has 1 aromatic rings. The summed E-state index contributed by atoms with van der Waals surface area (Å²) in [5.41, 5.74) is 4.72. The van der Waals surface area contributed by atoms with E-state index >= 15 is 0 Å². The summed E-state index contributed by atoms with van der Waals surface area (Å²) in [5, 5.41) is 0. The van der Waals surface area contributed by atoms with Gasteiger partial charge in [-0.3, -0.25) is 0 Å². The zero-order valence-electron chi connectivity index (χ0n) is 6.61. The molecule has 0 aliphatic heterocycles. The molecule has 62 valence electrons. The topological polar surface area (TPSA) is 75.0 Å². The van der Waals surface area contributed by atoms with Crippen molar-refractivity contribution in [3.05, 3.63) is 18.7 Å². The van der Waals surface area contributed by atoms with Crippen molar-refractivity contribution in [3.63, 3.8) is 0 Å². The van der Waals surface area contributed by atoms with E-state index in [1.807, 2.05) is 0 Å². The Morgan fingerprint density at radius 2 is 2.18 bits per heavy atom. The van der Waals surface area contributed by atoms with Crippen LogP contribution in [0.1, 0.15) is 0 Å². The van der Waals surface area contributed by atoms with E-state index in [9.17, 15) is 4.79 Å². The van der Waals surface area contributed by atoms with E-state index in [1.54, 1.807) is 32.8 Å². The summed E-state index contributed by atoms with van der Waals surface area (Å²) in [6.45, 7) is 0. The maximum Gasteiger partial charge on any atom is 0.314 e. The molecule has 0 aromatic carbocycles. The van der Waals surface area contributed by atoms with Crippen molar-refractivity contribution >= 4 is 6.03 Å². The lowest BCUT2D eigenvalue weighted by Crippen LogP contribution is -2.27. The number of aromatic amines is 1. The molecule has 1 rings (SSSR count). The Hall–Kier alpha value is -1.52. The molecule has 5 heteroatoms. The SMILES string of the molecule is CN(C)C(N)=O.c1c[nH]cn1. The number of amides is 2. The van der Waals surface area contributed by atoms with Crippen LogP contribution >= 0.6 is 0 Å². The molecule has 0 aliphatic carbocycles. The molecule has 0 fully saturated rings. The van der Waals surface area contributed by atoms with Gasteiger partial charge in [0, 0.05) is 26.5 Å². The fourth-order valence-corrected chi connectivity index (χ4v) is 0.215. The van der Waals surface area contributed by atoms with Crippen LogP contribution < -0.4 is 5.73 Å². The van der Waals surface area contributed by atoms with Gasteiger partial charge < -0.3 is 15.6 Å². The van der Waals surface area contributed by atoms with Crippen LogP contribution in [-0.4, -0.2) is 35.0 Å². The molecule has 1 heterocycles. The number of hydrogen-bond acceptors (Lipinski definition) is 2. The number of aromatic nitrogens is 2. The molecule has 11 heavy (non-hydrogen) atoms. The smallest absolute Gasteiger partial charge is 0.314 e. The van der Waals surface area contributed by atoms with Crippen molar-refractivity contribution in [1.82, 2.24) is 14.9 Å². The van der Waals surface area contributed by atoms with Crippen molar-refractivity contribution in [2.45, 2.75) is 0 Å². The first-order chi connectivity index (χ1) is 5.14. The van der Waals surface area contributed by atoms with E-state index in [-0.39, 0.29) is 0 Å². The van der Waals surface area contributed by atoms with Crippen LogP contribution in [0.15, 0.2) is 18.7 Å². The molecule has 0 saturated heterocycles. The first kappa shape index (κ1) is 9.48. The third-order valence-electron chi connectivity index (χ3n) is 0.847. The predicted molar refractivity (Wildman–Crippen MR) is 41.9 cm³/mol. The summed E-state index contributed by atoms with van der Waals surface area (Å²) in [6, 6.07) is -0.407. The second-order valence-electron chi connectivity index (χ2n) is 1.99. The zero-order valence-corrected chi connectivity index (χ0v) is 6.61. The fraction of sp³-hybridized carbons (Fsp3) is 0.333. The summed E-state index contributed by atoms with van der Waals surface area (Å²) >= 11 is 0. The van der Waals surface area contributed by atoms with Gasteiger partial charge in [-0.1, -0.05) is 0 Å². The zero-order chi connectivity index (χ0) is 8.69. The number of nitrogens with one attached hydrogen (secondary N) is 1. The van der Waals surface area contributed by atoms with Gasteiger partial charge in [0.25, 0.3) is 0 Å². The minimum Gasteiger partial charge on any atom is -0.352 e. The molecular formula is C6H12N4O. The number of hydrogen-bond donors (Lipinski definition) is 2. The number of H-pyrrole nitrogens is 1. The molecule has 5 nitrogen and oxygen atoms in total. The number of urea groups is 1. The largest absolute Gasteiger partial charge is 0.352 e. The van der Waals surface area contributed by atoms with Crippen molar-refractivity contribution in [2.24, 2.45) is 5.73 Å². The number of nitrogens with two attached hydrogens (primary N) is 1. The fourth-order valence-electron chi connectivity index (χ4n) is 0.215. The van der Waals surface area contributed by atoms with Gasteiger partial charge in [0.05, 0.1) is 6.33 Å². The molecule has 0 bridgehead atoms. The first-order valence-corrected chi connectivity index (χ1v) is 3.04. The average molecular weight is 156 g/mol. The number of nitrogens with zero attached hydrogens (tertiary/aromatic N) is 2. The van der Waals surface area contributed by atoms with Crippen LogP contribution in [0, 0.1) is 0 Å². The Labute approximate surface area is 65.2 Å². The molecule has 2 amide bonds. The molecule has 0 radical (unpaired) electrons. The van der Waals surface area contributed by atoms with Crippen molar-refractivity contribution < 1.29 is 4.79 Å². The van der Waals surface area contributed by atoms with Crippen LogP contribution in [0.5, 0.6) is 0 Å². The summed E-state index contributed by atoms with van der Waals surface area (Å²) in [5.74, 6) is 0. The van der Waals surface area contributed by atoms with Gasteiger partial charge in [-0.05, 0) is 0 Å². The predicted octanol–water partition coefficient (Wildman–Crippen LogP) is 0.0364. The van der Waals surface area contributed by atoms with Crippen LogP contribution in [0.25, 0.3) is 0 Å². The van der Waals surface area contributed by atoms with E-state index in [1.165, 1.54) is 4.90 Å². The standard InChI is InChI=1S/C3H8N2O.C3H4N2/c1-5(2)3(4)6;1-2-5-3-4-1/h1-2H3,(H2,4,6);1-3H,(H,4,5). The highest BCUT2D eigenvalue weighted by Crippen LogP contribution is 1.65. The molecule has 0 unspecified atom stereocenters. The third-order valence-corrected chi connectivity index (χ3v) is 0.847. The van der Waals surface area contributed by atoms with Crippen LogP contribution in [-0.2, 0) is 0 Å². The lowest BCUT2D eigenvalue weighted by Gasteiger charge is -2.01. The molecule has 0 atom stereocenters. The van der Waals surface area contributed by atoms with Gasteiger partial charge in [0.1, 0.15) is 0 Å². The quantitative estimate of drug-likeness (QED) is 0.556. The number of carbonyl (C=O) groups is 1. The summed E-state index contributed by atoms with van der Waals surface area (Å²) in [7, 11) is 3.20. The van der Waals surface area contributed by atoms with Crippen LogP contribution in [0.4, 0.5) is 4.79 Å². The highest BCUT2D eigenvalue weighted by atomic mass is 16.2. The Morgan fingerprint density at radius 1 is 1.64 bits per heavy atom. The molecule has 0 aliphatic rings. The van der Waals surface area contributed by atoms with E-state index in [2.05, 4.69) is 9.97 Å². The van der Waals surface area contributed by atoms with Crippen LogP contribution in [0.3, 0.4) is 0 Å². The highest BCUT2D eigenvalue weighted by Gasteiger charge is 1.88. The lowest BCUT2D eigenvalue weighted by atomic mass is 10.9. The summed E-state index contributed by atoms with van der Waals surface area (Å²) in [6.07, 6.45) is 5.08. The second kappa shape index (κ2) is 5.28. The number of imidazole rings is 1. The van der Waals surface area contributed by atoms with E-state index < -0.39 is 6.03 Å². The molecule has 0 spiro atoms. The molecular weight excluding hydrogens is 144 g/mol. The number of primary amides is 1. The summed E-state index contributed by atoms with van der Waals surface area (Å²) < 4.78 is 0. The van der Waals surface area contributed by atoms with Crippen molar-refractivity contribution in [3.8, 4) is 0 Å². The average Bonchev–Trinajstić information content (AvgIpc) is 2.41. The van der Waals surface area contributed by atoms with Crippen molar-refractivity contribution in [2.75, 3.05) is 14.1 Å². The van der Waals surface area contributed by atoms with Gasteiger partial charge in [-0.2, -0.15) is 0 Å². The lowest BCUT2D eigenvalue weighted by molar-refractivity contribution is 0.227. The van der Waals surface area contributed by atoms with Gasteiger partial charge in [-0.25, -0.2) is 9.78 Å². The van der Waals surface area contributed by atoms with Gasteiger partial charge in [0.15, 0.2) is 0 Å². The van der Waals surface area contributed by atoms with E-state index in [4.69, 9.17) is 5.73 Å². The van der Waals surface area contributed by atoms with E-state index in [0.29, 0.717) is 0 Å². The molecule has 0 saturated carbocycles. The van der Waals surface area contributed by atoms with Gasteiger partial charge in [0.2, 0.25) is 0 Å². The van der Waals surface area contributed by atoms with Gasteiger partial charge >= 0.3 is 6.03 Å². The molecule has 3 N–H and O–H groups in total. The summed E-state index contributed by atoms with van der Waals surface area (Å²) in [4.78, 5) is 17.6. The van der Waals surface area contributed by atoms with Gasteiger partial charge in [-0.15, -0.1) is 0 Å². The maximum absolute atomic E-state index is 9.85. The Bertz CT molecular complexity index is 165. The minimum absolute atomic E-state index is 0.407. The van der Waals surface area contributed by atoms with Crippen LogP contribution in [0.2, 0.25) is 0 Å². The maximum atomic E-state index is 9.85. The molecule has 1 aromatic heterocycles. The Balaban J connectivity index is 0.000000183. The van der Waals surface area contributed by atoms with E-state index in [0.717, 1.165) is 0 Å². The number of carbonyl (C=O) groups excluding carboxylic acids is 1. The Morgan fingerprint density at radius 3 is 2.27 bits per heavy atom. The minimum atomic E-state index is -0.407. The van der Waals surface area contributed by atoms with Crippen molar-refractivity contribution in [1.29, 1.82) is 0 Å². The third kappa shape index (κ3) is 6.36. The monoisotopic (exact) mass is 156 g/mol. The Kier molecular flexibility index (Phi) is 4.55. The first-order valence-electron chi connectivity index (χ1n) is 3.04.